The second-order valence-corrected chi connectivity index (χ2v) is 5.84. The zero-order chi connectivity index (χ0) is 10.9. The molecule has 2 aliphatic carbocycles. The van der Waals surface area contributed by atoms with Crippen LogP contribution in [0.2, 0.25) is 0 Å². The molecule has 0 radical (unpaired) electrons. The Labute approximate surface area is 94.2 Å². The van der Waals surface area contributed by atoms with E-state index >= 15 is 0 Å². The van der Waals surface area contributed by atoms with Gasteiger partial charge in [0.05, 0.1) is 0 Å². The van der Waals surface area contributed by atoms with Gasteiger partial charge in [-0.25, -0.2) is 0 Å². The lowest BCUT2D eigenvalue weighted by molar-refractivity contribution is 0.0664. The van der Waals surface area contributed by atoms with Gasteiger partial charge in [0.25, 0.3) is 0 Å². The molecule has 2 saturated carbocycles. The summed E-state index contributed by atoms with van der Waals surface area (Å²) in [6, 6.07) is 0.403. The zero-order valence-corrected chi connectivity index (χ0v) is 10.3. The lowest BCUT2D eigenvalue weighted by Crippen LogP contribution is -2.58. The van der Waals surface area contributed by atoms with Crippen LogP contribution in [-0.4, -0.2) is 30.6 Å². The Morgan fingerprint density at radius 1 is 1.20 bits per heavy atom. The Kier molecular flexibility index (Phi) is 3.36. The molecule has 0 aromatic carbocycles. The van der Waals surface area contributed by atoms with Gasteiger partial charge in [0, 0.05) is 11.6 Å². The van der Waals surface area contributed by atoms with E-state index in [-0.39, 0.29) is 0 Å². The van der Waals surface area contributed by atoms with Crippen molar-refractivity contribution in [2.45, 2.75) is 62.9 Å². The molecule has 0 heterocycles. The highest BCUT2D eigenvalue weighted by Gasteiger charge is 2.41. The topological polar surface area (TPSA) is 29.3 Å². The van der Waals surface area contributed by atoms with E-state index in [1.807, 2.05) is 0 Å². The van der Waals surface area contributed by atoms with Gasteiger partial charge in [-0.05, 0) is 39.3 Å². The van der Waals surface area contributed by atoms with E-state index in [1.54, 1.807) is 0 Å². The van der Waals surface area contributed by atoms with Crippen molar-refractivity contribution in [3.63, 3.8) is 0 Å². The smallest absolute Gasteiger partial charge is 0.0354 e. The molecule has 1 unspecified atom stereocenters. The van der Waals surface area contributed by atoms with Crippen molar-refractivity contribution in [2.75, 3.05) is 14.1 Å². The standard InChI is InChI=1S/C13H26N2/c1-15(2)13(8-4-3-5-9-13)12(14)10-11-6-7-11/h11-12H,3-10,14H2,1-2H3. The molecule has 0 saturated heterocycles. The highest BCUT2D eigenvalue weighted by atomic mass is 15.2. The van der Waals surface area contributed by atoms with Crippen molar-refractivity contribution in [1.82, 2.24) is 4.90 Å². The van der Waals surface area contributed by atoms with Crippen molar-refractivity contribution in [1.29, 1.82) is 0 Å². The van der Waals surface area contributed by atoms with Gasteiger partial charge in [-0.2, -0.15) is 0 Å². The maximum atomic E-state index is 6.48. The first-order valence-corrected chi connectivity index (χ1v) is 6.58. The first kappa shape index (κ1) is 11.4. The average Bonchev–Trinajstić information content (AvgIpc) is 3.02. The maximum absolute atomic E-state index is 6.48. The van der Waals surface area contributed by atoms with Gasteiger partial charge >= 0.3 is 0 Å². The van der Waals surface area contributed by atoms with Crippen LogP contribution in [0.15, 0.2) is 0 Å². The van der Waals surface area contributed by atoms with E-state index in [4.69, 9.17) is 5.73 Å². The normalized spacial score (nSPS) is 28.0. The van der Waals surface area contributed by atoms with E-state index in [2.05, 4.69) is 19.0 Å². The van der Waals surface area contributed by atoms with Gasteiger partial charge in [0.2, 0.25) is 0 Å². The summed E-state index contributed by atoms with van der Waals surface area (Å²) in [7, 11) is 4.44. The SMILES string of the molecule is CN(C)C1(C(N)CC2CC2)CCCCC1. The van der Waals surface area contributed by atoms with Crippen LogP contribution in [0.4, 0.5) is 0 Å². The molecule has 0 spiro atoms. The van der Waals surface area contributed by atoms with Crippen LogP contribution in [0.5, 0.6) is 0 Å². The van der Waals surface area contributed by atoms with Crippen LogP contribution >= 0.6 is 0 Å². The summed E-state index contributed by atoms with van der Waals surface area (Å²) >= 11 is 0. The van der Waals surface area contributed by atoms with Crippen LogP contribution in [-0.2, 0) is 0 Å². The van der Waals surface area contributed by atoms with Crippen molar-refractivity contribution in [3.8, 4) is 0 Å². The number of likely N-dealkylation sites (N-methyl/N-ethyl adjacent to an activating group) is 1. The van der Waals surface area contributed by atoms with Crippen molar-refractivity contribution >= 4 is 0 Å². The number of hydrogen-bond acceptors (Lipinski definition) is 2. The summed E-state index contributed by atoms with van der Waals surface area (Å²) < 4.78 is 0. The van der Waals surface area contributed by atoms with Gasteiger partial charge in [0.1, 0.15) is 0 Å². The van der Waals surface area contributed by atoms with E-state index < -0.39 is 0 Å². The highest BCUT2D eigenvalue weighted by molar-refractivity contribution is 5.00. The summed E-state index contributed by atoms with van der Waals surface area (Å²) in [5.41, 5.74) is 6.80. The fourth-order valence-electron chi connectivity index (χ4n) is 3.25. The lowest BCUT2D eigenvalue weighted by Gasteiger charge is -2.47. The molecule has 0 bridgehead atoms. The van der Waals surface area contributed by atoms with Crippen LogP contribution in [0, 0.1) is 5.92 Å². The van der Waals surface area contributed by atoms with Crippen LogP contribution in [0.1, 0.15) is 51.4 Å². The molecule has 2 N–H and O–H groups in total. The van der Waals surface area contributed by atoms with E-state index in [0.29, 0.717) is 11.6 Å². The quantitative estimate of drug-likeness (QED) is 0.772. The lowest BCUT2D eigenvalue weighted by atomic mass is 9.74. The molecule has 88 valence electrons. The highest BCUT2D eigenvalue weighted by Crippen LogP contribution is 2.40. The van der Waals surface area contributed by atoms with Crippen LogP contribution in [0.25, 0.3) is 0 Å². The minimum atomic E-state index is 0.320. The monoisotopic (exact) mass is 210 g/mol. The van der Waals surface area contributed by atoms with E-state index in [0.717, 1.165) is 5.92 Å². The number of nitrogens with zero attached hydrogens (tertiary/aromatic N) is 1. The van der Waals surface area contributed by atoms with E-state index in [9.17, 15) is 0 Å². The maximum Gasteiger partial charge on any atom is 0.0354 e. The predicted molar refractivity (Wildman–Crippen MR) is 64.8 cm³/mol. The molecule has 2 rings (SSSR count). The first-order valence-electron chi connectivity index (χ1n) is 6.58. The Morgan fingerprint density at radius 2 is 1.80 bits per heavy atom. The van der Waals surface area contributed by atoms with Crippen molar-refractivity contribution in [2.24, 2.45) is 11.7 Å². The Balaban J connectivity index is 2.01. The summed E-state index contributed by atoms with van der Waals surface area (Å²) in [6.45, 7) is 0. The van der Waals surface area contributed by atoms with Gasteiger partial charge in [0.15, 0.2) is 0 Å². The Morgan fingerprint density at radius 3 is 2.27 bits per heavy atom. The summed E-state index contributed by atoms with van der Waals surface area (Å²) in [6.07, 6.45) is 10.9. The molecular weight excluding hydrogens is 184 g/mol. The number of nitrogens with two attached hydrogens (primary N) is 1. The van der Waals surface area contributed by atoms with Crippen molar-refractivity contribution < 1.29 is 0 Å². The molecule has 1 atom stereocenters. The third-order valence-electron chi connectivity index (χ3n) is 4.58. The van der Waals surface area contributed by atoms with Gasteiger partial charge in [-0.3, -0.25) is 0 Å². The van der Waals surface area contributed by atoms with Gasteiger partial charge in [-0.15, -0.1) is 0 Å². The third-order valence-corrected chi connectivity index (χ3v) is 4.58. The second-order valence-electron chi connectivity index (χ2n) is 5.84. The largest absolute Gasteiger partial charge is 0.326 e. The van der Waals surface area contributed by atoms with E-state index in [1.165, 1.54) is 51.4 Å². The summed E-state index contributed by atoms with van der Waals surface area (Å²) in [5, 5.41) is 0. The minimum absolute atomic E-state index is 0.320. The molecule has 0 aliphatic heterocycles. The average molecular weight is 210 g/mol. The number of rotatable bonds is 4. The fraction of sp³-hybridized carbons (Fsp3) is 1.00. The Bertz CT molecular complexity index is 203. The predicted octanol–water partition coefficient (Wildman–Crippen LogP) is 2.38. The summed E-state index contributed by atoms with van der Waals surface area (Å²) in [5.74, 6) is 0.957. The Hall–Kier alpha value is -0.0800. The number of hydrogen-bond donors (Lipinski definition) is 1. The molecule has 2 aliphatic rings. The van der Waals surface area contributed by atoms with Crippen LogP contribution in [0.3, 0.4) is 0 Å². The minimum Gasteiger partial charge on any atom is -0.326 e. The zero-order valence-electron chi connectivity index (χ0n) is 10.3. The van der Waals surface area contributed by atoms with Gasteiger partial charge < -0.3 is 10.6 Å². The second kappa shape index (κ2) is 4.42. The molecule has 2 nitrogen and oxygen atoms in total. The molecule has 0 amide bonds. The molecule has 0 aromatic rings. The van der Waals surface area contributed by atoms with Crippen LogP contribution < -0.4 is 5.73 Å². The fourth-order valence-corrected chi connectivity index (χ4v) is 3.25. The molecule has 0 aromatic heterocycles. The van der Waals surface area contributed by atoms with Gasteiger partial charge in [-0.1, -0.05) is 32.1 Å². The first-order chi connectivity index (χ1) is 7.15. The molecule has 2 fully saturated rings. The summed E-state index contributed by atoms with van der Waals surface area (Å²) in [4.78, 5) is 2.42. The third kappa shape index (κ3) is 2.36. The molecule has 15 heavy (non-hydrogen) atoms. The molecule has 2 heteroatoms. The van der Waals surface area contributed by atoms with Crippen molar-refractivity contribution in [3.05, 3.63) is 0 Å². The molecular formula is C13H26N2.